The lowest BCUT2D eigenvalue weighted by molar-refractivity contribution is 0.112. The van der Waals surface area contributed by atoms with E-state index in [0.717, 1.165) is 0 Å². The number of benzene rings is 1. The van der Waals surface area contributed by atoms with Crippen LogP contribution >= 0.6 is 0 Å². The molecule has 1 aromatic rings. The van der Waals surface area contributed by atoms with Crippen molar-refractivity contribution in [3.05, 3.63) is 29.8 Å². The quantitative estimate of drug-likeness (QED) is 0.619. The fourth-order valence-corrected chi connectivity index (χ4v) is 1.11. The summed E-state index contributed by atoms with van der Waals surface area (Å²) >= 11 is 0. The van der Waals surface area contributed by atoms with E-state index < -0.39 is 15.6 Å². The maximum Gasteiger partial charge on any atom is 0.303 e. The fourth-order valence-electron chi connectivity index (χ4n) is 0.877. The Morgan fingerprint density at radius 3 is 2.27 bits per heavy atom. The largest absolute Gasteiger partial charge is 0.472 e. The van der Waals surface area contributed by atoms with E-state index >= 15 is 0 Å². The predicted molar refractivity (Wildman–Crippen MR) is 53.5 cm³/mol. The lowest BCUT2D eigenvalue weighted by atomic mass is 10.2. The number of aldehydes is 1. The molecule has 6 heteroatoms. The zero-order valence-corrected chi connectivity index (χ0v) is 8.77. The first-order valence-corrected chi connectivity index (χ1v) is 5.62. The van der Waals surface area contributed by atoms with Crippen LogP contribution in [0.3, 0.4) is 0 Å². The fraction of sp³-hybridized carbons (Fsp3) is 0.222. The Morgan fingerprint density at radius 1 is 1.33 bits per heavy atom. The van der Waals surface area contributed by atoms with Gasteiger partial charge < -0.3 is 4.74 Å². The van der Waals surface area contributed by atoms with Crippen molar-refractivity contribution < 1.29 is 22.5 Å². The molecule has 0 aromatic heterocycles. The minimum absolute atomic E-state index is 0.269. The Bertz CT molecular complexity index is 434. The molecular weight excluding hydrogens is 220 g/mol. The first-order chi connectivity index (χ1) is 6.93. The van der Waals surface area contributed by atoms with Crippen LogP contribution in [0, 0.1) is 0 Å². The van der Waals surface area contributed by atoms with Gasteiger partial charge in [-0.15, -0.1) is 0 Å². The van der Waals surface area contributed by atoms with Crippen molar-refractivity contribution in [3.63, 3.8) is 0 Å². The maximum atomic E-state index is 10.6. The van der Waals surface area contributed by atoms with Crippen LogP contribution in [0.1, 0.15) is 17.3 Å². The van der Waals surface area contributed by atoms with Gasteiger partial charge in [0.15, 0.2) is 0 Å². The van der Waals surface area contributed by atoms with E-state index in [0.29, 0.717) is 11.8 Å². The third kappa shape index (κ3) is 3.34. The summed E-state index contributed by atoms with van der Waals surface area (Å²) in [5.74, 6) is 0.269. The third-order valence-corrected chi connectivity index (χ3v) is 2.67. The molecule has 0 radical (unpaired) electrons. The van der Waals surface area contributed by atoms with Gasteiger partial charge in [0, 0.05) is 5.56 Å². The lowest BCUT2D eigenvalue weighted by Crippen LogP contribution is -2.23. The lowest BCUT2D eigenvalue weighted by Gasteiger charge is -2.11. The molecular formula is C9H10O5S. The summed E-state index contributed by atoms with van der Waals surface area (Å²) in [6, 6.07) is 5.87. The van der Waals surface area contributed by atoms with Crippen molar-refractivity contribution >= 4 is 16.4 Å². The molecule has 0 saturated carbocycles. The highest BCUT2D eigenvalue weighted by atomic mass is 32.2. The van der Waals surface area contributed by atoms with Crippen LogP contribution in [-0.2, 0) is 10.1 Å². The highest BCUT2D eigenvalue weighted by Crippen LogP contribution is 2.14. The number of hydrogen-bond donors (Lipinski definition) is 1. The average Bonchev–Trinajstić information content (AvgIpc) is 2.17. The summed E-state index contributed by atoms with van der Waals surface area (Å²) < 4.78 is 34.8. The third-order valence-electron chi connectivity index (χ3n) is 1.74. The zero-order valence-electron chi connectivity index (χ0n) is 7.95. The minimum Gasteiger partial charge on any atom is -0.472 e. The molecule has 0 aliphatic carbocycles. The van der Waals surface area contributed by atoms with Gasteiger partial charge in [-0.05, 0) is 31.2 Å². The van der Waals surface area contributed by atoms with Gasteiger partial charge >= 0.3 is 10.1 Å². The van der Waals surface area contributed by atoms with Crippen molar-refractivity contribution in [2.45, 2.75) is 12.4 Å². The first-order valence-electron chi connectivity index (χ1n) is 4.11. The Kier molecular flexibility index (Phi) is 3.43. The van der Waals surface area contributed by atoms with Crippen LogP contribution in [0.5, 0.6) is 5.75 Å². The SMILES string of the molecule is CC(Oc1ccc(C=O)cc1)S(=O)(=O)O. The molecule has 1 N–H and O–H groups in total. The van der Waals surface area contributed by atoms with E-state index in [1.807, 2.05) is 0 Å². The van der Waals surface area contributed by atoms with Gasteiger partial charge in [-0.2, -0.15) is 8.42 Å². The van der Waals surface area contributed by atoms with Gasteiger partial charge in [-0.1, -0.05) is 0 Å². The van der Waals surface area contributed by atoms with Crippen LogP contribution in [0.4, 0.5) is 0 Å². The second kappa shape index (κ2) is 4.41. The number of ether oxygens (including phenoxy) is 1. The summed E-state index contributed by atoms with van der Waals surface area (Å²) in [4.78, 5) is 10.3. The summed E-state index contributed by atoms with van der Waals surface area (Å²) in [6.07, 6.45) is 0.663. The van der Waals surface area contributed by atoms with E-state index in [1.54, 1.807) is 0 Å². The van der Waals surface area contributed by atoms with Crippen molar-refractivity contribution in [1.82, 2.24) is 0 Å². The molecule has 0 saturated heterocycles. The Morgan fingerprint density at radius 2 is 1.87 bits per heavy atom. The monoisotopic (exact) mass is 230 g/mol. The molecule has 0 spiro atoms. The Hall–Kier alpha value is -1.40. The standard InChI is InChI=1S/C9H10O5S/c1-7(15(11,12)13)14-9-4-2-8(6-10)3-5-9/h2-7H,1H3,(H,11,12,13). The van der Waals surface area contributed by atoms with Crippen LogP contribution in [-0.4, -0.2) is 24.7 Å². The molecule has 0 heterocycles. The number of carbonyl (C=O) groups excluding carboxylic acids is 1. The highest BCUT2D eigenvalue weighted by molar-refractivity contribution is 7.86. The number of rotatable bonds is 4. The Balaban J connectivity index is 2.78. The molecule has 1 unspecified atom stereocenters. The van der Waals surface area contributed by atoms with Crippen LogP contribution < -0.4 is 4.74 Å². The molecule has 1 rings (SSSR count). The van der Waals surface area contributed by atoms with Gasteiger partial charge in [-0.25, -0.2) is 0 Å². The summed E-state index contributed by atoms with van der Waals surface area (Å²) in [7, 11) is -4.21. The molecule has 0 bridgehead atoms. The summed E-state index contributed by atoms with van der Waals surface area (Å²) in [5, 5.41) is 0. The average molecular weight is 230 g/mol. The van der Waals surface area contributed by atoms with Crippen molar-refractivity contribution in [2.24, 2.45) is 0 Å². The molecule has 1 aromatic carbocycles. The summed E-state index contributed by atoms with van der Waals surface area (Å²) in [6.45, 7) is 1.21. The molecule has 0 amide bonds. The van der Waals surface area contributed by atoms with Gasteiger partial charge in [-0.3, -0.25) is 9.35 Å². The van der Waals surface area contributed by atoms with Gasteiger partial charge in [0.25, 0.3) is 0 Å². The molecule has 0 fully saturated rings. The van der Waals surface area contributed by atoms with Gasteiger partial charge in [0.1, 0.15) is 12.0 Å². The molecule has 0 aliphatic rings. The zero-order chi connectivity index (χ0) is 11.5. The van der Waals surface area contributed by atoms with Crippen molar-refractivity contribution in [2.75, 3.05) is 0 Å². The smallest absolute Gasteiger partial charge is 0.303 e. The minimum atomic E-state index is -4.21. The molecule has 1 atom stereocenters. The van der Waals surface area contributed by atoms with Crippen molar-refractivity contribution in [3.8, 4) is 5.75 Å². The highest BCUT2D eigenvalue weighted by Gasteiger charge is 2.18. The van der Waals surface area contributed by atoms with E-state index in [2.05, 4.69) is 0 Å². The van der Waals surface area contributed by atoms with Crippen LogP contribution in [0.15, 0.2) is 24.3 Å². The molecule has 15 heavy (non-hydrogen) atoms. The number of carbonyl (C=O) groups is 1. The molecule has 0 aliphatic heterocycles. The normalized spacial score (nSPS) is 13.2. The van der Waals surface area contributed by atoms with Gasteiger partial charge in [0.05, 0.1) is 0 Å². The van der Waals surface area contributed by atoms with E-state index in [9.17, 15) is 13.2 Å². The second-order valence-electron chi connectivity index (χ2n) is 2.89. The second-order valence-corrected chi connectivity index (χ2v) is 4.58. The topological polar surface area (TPSA) is 80.7 Å². The summed E-state index contributed by atoms with van der Waals surface area (Å²) in [5.41, 5.74) is -0.874. The van der Waals surface area contributed by atoms with E-state index in [4.69, 9.17) is 9.29 Å². The van der Waals surface area contributed by atoms with Crippen LogP contribution in [0.25, 0.3) is 0 Å². The Labute approximate surface area is 87.4 Å². The molecule has 82 valence electrons. The maximum absolute atomic E-state index is 10.6. The van der Waals surface area contributed by atoms with E-state index in [1.165, 1.54) is 31.2 Å². The van der Waals surface area contributed by atoms with E-state index in [-0.39, 0.29) is 5.75 Å². The van der Waals surface area contributed by atoms with Crippen LogP contribution in [0.2, 0.25) is 0 Å². The molecule has 5 nitrogen and oxygen atoms in total. The van der Waals surface area contributed by atoms with Crippen molar-refractivity contribution in [1.29, 1.82) is 0 Å². The number of hydrogen-bond acceptors (Lipinski definition) is 4. The first kappa shape index (κ1) is 11.7. The predicted octanol–water partition coefficient (Wildman–Crippen LogP) is 1.11. The van der Waals surface area contributed by atoms with Gasteiger partial charge in [0.2, 0.25) is 5.44 Å².